The minimum absolute atomic E-state index is 0.133. The number of aromatic nitrogens is 2. The molecular weight excluding hydrogens is 284 g/mol. The van der Waals surface area contributed by atoms with Gasteiger partial charge in [-0.1, -0.05) is 6.92 Å². The number of anilines is 1. The standard InChI is InChI=1S/C15H20N4OS/c1-4-11-7-18-14(21-11)9-19-15(20)12-8-17-10(3)6-13(12)16-5-2/h6-8H,4-5,9H2,1-3H3,(H,16,17)(H,19,20). The average Bonchev–Trinajstić information content (AvgIpc) is 2.93. The van der Waals surface area contributed by atoms with Crippen LogP contribution in [-0.4, -0.2) is 22.4 Å². The van der Waals surface area contributed by atoms with Gasteiger partial charge in [-0.2, -0.15) is 0 Å². The molecule has 2 aromatic rings. The van der Waals surface area contributed by atoms with E-state index in [2.05, 4.69) is 27.5 Å². The van der Waals surface area contributed by atoms with Crippen molar-refractivity contribution in [2.75, 3.05) is 11.9 Å². The van der Waals surface area contributed by atoms with Crippen LogP contribution in [-0.2, 0) is 13.0 Å². The van der Waals surface area contributed by atoms with E-state index in [4.69, 9.17) is 0 Å². The molecule has 0 radical (unpaired) electrons. The number of hydrogen-bond acceptors (Lipinski definition) is 5. The zero-order valence-corrected chi connectivity index (χ0v) is 13.4. The molecule has 0 aliphatic carbocycles. The Hall–Kier alpha value is -1.95. The molecular formula is C15H20N4OS. The number of amides is 1. The smallest absolute Gasteiger partial charge is 0.255 e. The van der Waals surface area contributed by atoms with Crippen LogP contribution in [0.3, 0.4) is 0 Å². The molecule has 1 amide bonds. The van der Waals surface area contributed by atoms with Crippen LogP contribution in [0.15, 0.2) is 18.5 Å². The first-order chi connectivity index (χ1) is 10.1. The van der Waals surface area contributed by atoms with Crippen molar-refractivity contribution in [2.45, 2.75) is 33.7 Å². The Kier molecular flexibility index (Phi) is 5.27. The highest BCUT2D eigenvalue weighted by Gasteiger charge is 2.12. The van der Waals surface area contributed by atoms with E-state index in [9.17, 15) is 4.79 Å². The quantitative estimate of drug-likeness (QED) is 0.861. The molecule has 5 nitrogen and oxygen atoms in total. The Morgan fingerprint density at radius 2 is 2.10 bits per heavy atom. The summed E-state index contributed by atoms with van der Waals surface area (Å²) in [5.41, 5.74) is 2.26. The molecule has 0 aromatic carbocycles. The molecule has 0 atom stereocenters. The predicted molar refractivity (Wildman–Crippen MR) is 85.8 cm³/mol. The van der Waals surface area contributed by atoms with Crippen molar-refractivity contribution in [3.8, 4) is 0 Å². The van der Waals surface area contributed by atoms with E-state index in [1.807, 2.05) is 26.1 Å². The maximum absolute atomic E-state index is 12.3. The molecule has 0 saturated carbocycles. The number of rotatable bonds is 6. The second-order valence-electron chi connectivity index (χ2n) is 4.66. The predicted octanol–water partition coefficient (Wildman–Crippen LogP) is 2.77. The number of carbonyl (C=O) groups is 1. The molecule has 2 N–H and O–H groups in total. The number of aryl methyl sites for hydroxylation is 2. The summed E-state index contributed by atoms with van der Waals surface area (Å²) in [6.07, 6.45) is 4.45. The van der Waals surface area contributed by atoms with E-state index in [1.165, 1.54) is 4.88 Å². The number of carbonyl (C=O) groups excluding carboxylic acids is 1. The highest BCUT2D eigenvalue weighted by molar-refractivity contribution is 7.11. The summed E-state index contributed by atoms with van der Waals surface area (Å²) >= 11 is 1.63. The van der Waals surface area contributed by atoms with Crippen LogP contribution < -0.4 is 10.6 Å². The monoisotopic (exact) mass is 304 g/mol. The lowest BCUT2D eigenvalue weighted by Crippen LogP contribution is -2.24. The van der Waals surface area contributed by atoms with E-state index in [-0.39, 0.29) is 5.91 Å². The van der Waals surface area contributed by atoms with Crippen molar-refractivity contribution in [1.82, 2.24) is 15.3 Å². The van der Waals surface area contributed by atoms with E-state index < -0.39 is 0 Å². The Balaban J connectivity index is 2.05. The Morgan fingerprint density at radius 1 is 1.29 bits per heavy atom. The van der Waals surface area contributed by atoms with E-state index in [0.717, 1.165) is 29.4 Å². The van der Waals surface area contributed by atoms with Crippen LogP contribution in [0.25, 0.3) is 0 Å². The second-order valence-corrected chi connectivity index (χ2v) is 5.86. The van der Waals surface area contributed by atoms with E-state index in [1.54, 1.807) is 17.5 Å². The highest BCUT2D eigenvalue weighted by atomic mass is 32.1. The summed E-state index contributed by atoms with van der Waals surface area (Å²) in [5.74, 6) is -0.133. The fraction of sp³-hybridized carbons (Fsp3) is 0.400. The van der Waals surface area contributed by atoms with Gasteiger partial charge >= 0.3 is 0 Å². The van der Waals surface area contributed by atoms with Crippen molar-refractivity contribution in [3.63, 3.8) is 0 Å². The molecule has 0 fully saturated rings. The van der Waals surface area contributed by atoms with Gasteiger partial charge in [0.1, 0.15) is 5.01 Å². The van der Waals surface area contributed by atoms with Crippen LogP contribution in [0.5, 0.6) is 0 Å². The van der Waals surface area contributed by atoms with Crippen molar-refractivity contribution >= 4 is 22.9 Å². The number of thiazole rings is 1. The summed E-state index contributed by atoms with van der Waals surface area (Å²) in [4.78, 5) is 22.0. The van der Waals surface area contributed by atoms with Crippen molar-refractivity contribution in [1.29, 1.82) is 0 Å². The van der Waals surface area contributed by atoms with Gasteiger partial charge < -0.3 is 10.6 Å². The molecule has 21 heavy (non-hydrogen) atoms. The van der Waals surface area contributed by atoms with Gasteiger partial charge in [0.15, 0.2) is 0 Å². The molecule has 2 heterocycles. The Morgan fingerprint density at radius 3 is 2.76 bits per heavy atom. The van der Waals surface area contributed by atoms with Gasteiger partial charge in [0.05, 0.1) is 17.8 Å². The molecule has 0 aliphatic heterocycles. The topological polar surface area (TPSA) is 66.9 Å². The number of pyridine rings is 1. The molecule has 0 unspecified atom stereocenters. The van der Waals surface area contributed by atoms with Crippen LogP contribution >= 0.6 is 11.3 Å². The van der Waals surface area contributed by atoms with Gasteiger partial charge in [0.25, 0.3) is 5.91 Å². The van der Waals surface area contributed by atoms with E-state index in [0.29, 0.717) is 12.1 Å². The third-order valence-corrected chi connectivity index (χ3v) is 4.14. The SMILES string of the molecule is CCNc1cc(C)ncc1C(=O)NCc1ncc(CC)s1. The molecule has 2 rings (SSSR count). The van der Waals surface area contributed by atoms with Crippen molar-refractivity contribution in [3.05, 3.63) is 39.6 Å². The third kappa shape index (κ3) is 4.01. The molecule has 0 bridgehead atoms. The van der Waals surface area contributed by atoms with Gasteiger partial charge in [-0.3, -0.25) is 9.78 Å². The lowest BCUT2D eigenvalue weighted by atomic mass is 10.2. The molecule has 0 aliphatic rings. The molecule has 6 heteroatoms. The fourth-order valence-corrected chi connectivity index (χ4v) is 2.72. The number of nitrogens with one attached hydrogen (secondary N) is 2. The zero-order chi connectivity index (χ0) is 15.2. The Bertz CT molecular complexity index is 624. The van der Waals surface area contributed by atoms with Crippen LogP contribution in [0, 0.1) is 6.92 Å². The van der Waals surface area contributed by atoms with Gasteiger partial charge in [-0.05, 0) is 26.3 Å². The van der Waals surface area contributed by atoms with Gasteiger partial charge in [0.2, 0.25) is 0 Å². The third-order valence-electron chi connectivity index (χ3n) is 3.00. The summed E-state index contributed by atoms with van der Waals surface area (Å²) in [7, 11) is 0. The first-order valence-corrected chi connectivity index (χ1v) is 7.88. The molecule has 0 saturated heterocycles. The first-order valence-electron chi connectivity index (χ1n) is 7.06. The van der Waals surface area contributed by atoms with Gasteiger partial charge in [0, 0.05) is 29.5 Å². The maximum Gasteiger partial charge on any atom is 0.255 e. The van der Waals surface area contributed by atoms with Crippen molar-refractivity contribution < 1.29 is 4.79 Å². The van der Waals surface area contributed by atoms with Gasteiger partial charge in [-0.15, -0.1) is 11.3 Å². The second kappa shape index (κ2) is 7.17. The van der Waals surface area contributed by atoms with Crippen LogP contribution in [0.4, 0.5) is 5.69 Å². The maximum atomic E-state index is 12.3. The summed E-state index contributed by atoms with van der Waals surface area (Å²) < 4.78 is 0. The largest absolute Gasteiger partial charge is 0.385 e. The zero-order valence-electron chi connectivity index (χ0n) is 12.6. The summed E-state index contributed by atoms with van der Waals surface area (Å²) in [6.45, 7) is 7.21. The van der Waals surface area contributed by atoms with Crippen LogP contribution in [0.2, 0.25) is 0 Å². The summed E-state index contributed by atoms with van der Waals surface area (Å²) in [6, 6.07) is 1.89. The minimum atomic E-state index is -0.133. The highest BCUT2D eigenvalue weighted by Crippen LogP contribution is 2.17. The average molecular weight is 304 g/mol. The van der Waals surface area contributed by atoms with Crippen molar-refractivity contribution in [2.24, 2.45) is 0 Å². The fourth-order valence-electron chi connectivity index (χ4n) is 1.92. The lowest BCUT2D eigenvalue weighted by molar-refractivity contribution is 0.0951. The van der Waals surface area contributed by atoms with E-state index >= 15 is 0 Å². The molecule has 0 spiro atoms. The lowest BCUT2D eigenvalue weighted by Gasteiger charge is -2.11. The van der Waals surface area contributed by atoms with Gasteiger partial charge in [-0.25, -0.2) is 4.98 Å². The Labute approximate surface area is 128 Å². The van der Waals surface area contributed by atoms with Crippen LogP contribution in [0.1, 0.15) is 39.8 Å². The first kappa shape index (κ1) is 15.4. The normalized spacial score (nSPS) is 10.4. The number of nitrogens with zero attached hydrogens (tertiary/aromatic N) is 2. The minimum Gasteiger partial charge on any atom is -0.385 e. The molecule has 112 valence electrons. The molecule has 2 aromatic heterocycles. The summed E-state index contributed by atoms with van der Waals surface area (Å²) in [5, 5.41) is 7.02. The number of hydrogen-bond donors (Lipinski definition) is 2.